The topological polar surface area (TPSA) is 21.3 Å². The van der Waals surface area contributed by atoms with Crippen LogP contribution in [0, 0.1) is 5.92 Å². The SMILES string of the molecule is CC(C)C(COC(C)(C)C)NC(C)(C)C. The van der Waals surface area contributed by atoms with Crippen molar-refractivity contribution < 1.29 is 4.74 Å². The van der Waals surface area contributed by atoms with Crippen molar-refractivity contribution in [2.24, 2.45) is 5.92 Å². The standard InChI is InChI=1S/C13H29NO/c1-10(2)11(14-12(3,4)5)9-15-13(6,7)8/h10-11,14H,9H2,1-8H3. The molecule has 0 radical (unpaired) electrons. The first-order chi connectivity index (χ1) is 6.51. The van der Waals surface area contributed by atoms with Crippen LogP contribution >= 0.6 is 0 Å². The third-order valence-corrected chi connectivity index (χ3v) is 2.12. The average Bonchev–Trinajstić information content (AvgIpc) is 1.93. The Hall–Kier alpha value is -0.0800. The second kappa shape index (κ2) is 5.31. The Bertz CT molecular complexity index is 174. The summed E-state index contributed by atoms with van der Waals surface area (Å²) in [5.41, 5.74) is 0.100. The van der Waals surface area contributed by atoms with Gasteiger partial charge in [0.1, 0.15) is 0 Å². The molecule has 1 unspecified atom stereocenters. The van der Waals surface area contributed by atoms with Gasteiger partial charge in [-0.3, -0.25) is 0 Å². The molecule has 0 aliphatic rings. The van der Waals surface area contributed by atoms with Crippen LogP contribution in [0.3, 0.4) is 0 Å². The second-order valence-corrected chi connectivity index (χ2v) is 6.67. The van der Waals surface area contributed by atoms with Crippen molar-refractivity contribution in [2.45, 2.75) is 72.6 Å². The first-order valence-corrected chi connectivity index (χ1v) is 5.93. The third-order valence-electron chi connectivity index (χ3n) is 2.12. The van der Waals surface area contributed by atoms with Gasteiger partial charge in [-0.2, -0.15) is 0 Å². The van der Waals surface area contributed by atoms with Gasteiger partial charge in [0.15, 0.2) is 0 Å². The highest BCUT2D eigenvalue weighted by molar-refractivity contribution is 4.80. The molecule has 0 saturated heterocycles. The Labute approximate surface area is 95.8 Å². The molecule has 0 aliphatic heterocycles. The zero-order valence-electron chi connectivity index (χ0n) is 11.8. The maximum atomic E-state index is 5.84. The van der Waals surface area contributed by atoms with Gasteiger partial charge in [0, 0.05) is 11.6 Å². The molecule has 0 fully saturated rings. The molecular formula is C13H29NO. The van der Waals surface area contributed by atoms with Crippen molar-refractivity contribution in [3.05, 3.63) is 0 Å². The summed E-state index contributed by atoms with van der Waals surface area (Å²) in [4.78, 5) is 0. The Morgan fingerprint density at radius 3 is 1.73 bits per heavy atom. The van der Waals surface area contributed by atoms with Gasteiger partial charge in [0.05, 0.1) is 12.2 Å². The molecule has 0 aromatic heterocycles. The molecule has 0 aromatic carbocycles. The maximum Gasteiger partial charge on any atom is 0.0629 e. The van der Waals surface area contributed by atoms with Crippen LogP contribution in [0.5, 0.6) is 0 Å². The molecule has 1 N–H and O–H groups in total. The van der Waals surface area contributed by atoms with Gasteiger partial charge in [0.25, 0.3) is 0 Å². The fraction of sp³-hybridized carbons (Fsp3) is 1.00. The van der Waals surface area contributed by atoms with Crippen molar-refractivity contribution in [1.29, 1.82) is 0 Å². The van der Waals surface area contributed by atoms with E-state index < -0.39 is 0 Å². The van der Waals surface area contributed by atoms with Crippen LogP contribution in [0.4, 0.5) is 0 Å². The van der Waals surface area contributed by atoms with Crippen molar-refractivity contribution >= 4 is 0 Å². The summed E-state index contributed by atoms with van der Waals surface area (Å²) in [6.07, 6.45) is 0. The predicted octanol–water partition coefficient (Wildman–Crippen LogP) is 3.21. The van der Waals surface area contributed by atoms with Gasteiger partial charge in [-0.1, -0.05) is 13.8 Å². The maximum absolute atomic E-state index is 5.84. The summed E-state index contributed by atoms with van der Waals surface area (Å²) < 4.78 is 5.84. The molecule has 92 valence electrons. The number of hydrogen-bond donors (Lipinski definition) is 1. The zero-order valence-corrected chi connectivity index (χ0v) is 11.8. The van der Waals surface area contributed by atoms with Crippen molar-refractivity contribution in [2.75, 3.05) is 6.61 Å². The number of nitrogens with one attached hydrogen (secondary N) is 1. The molecule has 0 aliphatic carbocycles. The fourth-order valence-electron chi connectivity index (χ4n) is 1.30. The van der Waals surface area contributed by atoms with Crippen LogP contribution in [0.15, 0.2) is 0 Å². The highest BCUT2D eigenvalue weighted by atomic mass is 16.5. The third kappa shape index (κ3) is 8.88. The van der Waals surface area contributed by atoms with E-state index in [0.717, 1.165) is 6.61 Å². The smallest absolute Gasteiger partial charge is 0.0629 e. The Balaban J connectivity index is 4.18. The molecule has 2 heteroatoms. The minimum Gasteiger partial charge on any atom is -0.374 e. The summed E-state index contributed by atoms with van der Waals surface area (Å²) in [7, 11) is 0. The van der Waals surface area contributed by atoms with E-state index in [9.17, 15) is 0 Å². The number of ether oxygens (including phenoxy) is 1. The molecule has 0 aromatic rings. The lowest BCUT2D eigenvalue weighted by Gasteiger charge is -2.33. The molecule has 0 saturated carbocycles. The van der Waals surface area contributed by atoms with E-state index in [-0.39, 0.29) is 11.1 Å². The van der Waals surface area contributed by atoms with Crippen LogP contribution in [0.25, 0.3) is 0 Å². The lowest BCUT2D eigenvalue weighted by molar-refractivity contribution is -0.0235. The van der Waals surface area contributed by atoms with Crippen LogP contribution in [-0.2, 0) is 4.74 Å². The van der Waals surface area contributed by atoms with Crippen LogP contribution in [-0.4, -0.2) is 23.8 Å². The predicted molar refractivity (Wildman–Crippen MR) is 67.2 cm³/mol. The second-order valence-electron chi connectivity index (χ2n) is 6.67. The van der Waals surface area contributed by atoms with Crippen LogP contribution in [0.1, 0.15) is 55.4 Å². The molecule has 0 rings (SSSR count). The van der Waals surface area contributed by atoms with Gasteiger partial charge in [-0.15, -0.1) is 0 Å². The quantitative estimate of drug-likeness (QED) is 0.777. The van der Waals surface area contributed by atoms with E-state index in [1.165, 1.54) is 0 Å². The van der Waals surface area contributed by atoms with Gasteiger partial charge >= 0.3 is 0 Å². The Morgan fingerprint density at radius 1 is 1.00 bits per heavy atom. The Morgan fingerprint density at radius 2 is 1.47 bits per heavy atom. The summed E-state index contributed by atoms with van der Waals surface area (Å²) in [6, 6.07) is 0.421. The normalized spacial score (nSPS) is 15.8. The van der Waals surface area contributed by atoms with Crippen molar-refractivity contribution in [3.63, 3.8) is 0 Å². The summed E-state index contributed by atoms with van der Waals surface area (Å²) in [5.74, 6) is 0.589. The molecule has 1 atom stereocenters. The minimum absolute atomic E-state index is 0.0489. The molecule has 0 amide bonds. The number of hydrogen-bond acceptors (Lipinski definition) is 2. The van der Waals surface area contributed by atoms with E-state index in [1.807, 2.05) is 0 Å². The van der Waals surface area contributed by atoms with Gasteiger partial charge in [-0.05, 0) is 47.5 Å². The fourth-order valence-corrected chi connectivity index (χ4v) is 1.30. The monoisotopic (exact) mass is 215 g/mol. The highest BCUT2D eigenvalue weighted by Crippen LogP contribution is 2.13. The van der Waals surface area contributed by atoms with Gasteiger partial charge in [0.2, 0.25) is 0 Å². The molecule has 15 heavy (non-hydrogen) atoms. The average molecular weight is 215 g/mol. The first-order valence-electron chi connectivity index (χ1n) is 5.93. The van der Waals surface area contributed by atoms with Crippen molar-refractivity contribution in [1.82, 2.24) is 5.32 Å². The summed E-state index contributed by atoms with van der Waals surface area (Å²) in [6.45, 7) is 18.1. The van der Waals surface area contributed by atoms with Crippen LogP contribution in [0.2, 0.25) is 0 Å². The molecule has 0 heterocycles. The minimum atomic E-state index is -0.0489. The highest BCUT2D eigenvalue weighted by Gasteiger charge is 2.22. The number of rotatable bonds is 4. The Kier molecular flexibility index (Phi) is 5.28. The lowest BCUT2D eigenvalue weighted by atomic mass is 10.00. The molecular weight excluding hydrogens is 186 g/mol. The zero-order chi connectivity index (χ0) is 12.3. The van der Waals surface area contributed by atoms with Crippen LogP contribution < -0.4 is 5.32 Å². The first kappa shape index (κ1) is 14.9. The van der Waals surface area contributed by atoms with E-state index in [1.54, 1.807) is 0 Å². The summed E-state index contributed by atoms with van der Waals surface area (Å²) >= 11 is 0. The van der Waals surface area contributed by atoms with E-state index in [0.29, 0.717) is 12.0 Å². The van der Waals surface area contributed by atoms with Gasteiger partial charge in [-0.25, -0.2) is 0 Å². The van der Waals surface area contributed by atoms with E-state index in [2.05, 4.69) is 60.7 Å². The van der Waals surface area contributed by atoms with Crippen molar-refractivity contribution in [3.8, 4) is 0 Å². The molecule has 2 nitrogen and oxygen atoms in total. The largest absolute Gasteiger partial charge is 0.374 e. The van der Waals surface area contributed by atoms with Gasteiger partial charge < -0.3 is 10.1 Å². The summed E-state index contributed by atoms with van der Waals surface area (Å²) in [5, 5.41) is 3.60. The lowest BCUT2D eigenvalue weighted by Crippen LogP contribution is -2.49. The van der Waals surface area contributed by atoms with E-state index in [4.69, 9.17) is 4.74 Å². The molecule has 0 spiro atoms. The molecule has 0 bridgehead atoms. The van der Waals surface area contributed by atoms with E-state index >= 15 is 0 Å².